The molecule has 0 spiro atoms. The maximum Gasteiger partial charge on any atom is 0.586 e. The number of ether oxygens (including phenoxy) is 7. The lowest BCUT2D eigenvalue weighted by Gasteiger charge is -2.17. The van der Waals surface area contributed by atoms with Crippen LogP contribution in [-0.4, -0.2) is 62.0 Å². The summed E-state index contributed by atoms with van der Waals surface area (Å²) in [5.74, 6) is 1.62. The summed E-state index contributed by atoms with van der Waals surface area (Å²) in [5, 5.41) is 9.38. The van der Waals surface area contributed by atoms with Crippen molar-refractivity contribution in [2.45, 2.75) is 63.6 Å². The lowest BCUT2D eigenvalue weighted by atomic mass is 9.94. The quantitative estimate of drug-likeness (QED) is 0.0629. The molecular formula is C46H45ClF4N4O10. The third-order valence-corrected chi connectivity index (χ3v) is 10.1. The van der Waals surface area contributed by atoms with Gasteiger partial charge >= 0.3 is 24.5 Å². The molecule has 0 amide bonds. The normalized spacial score (nSPS) is 14.5. The van der Waals surface area contributed by atoms with Crippen LogP contribution in [0.2, 0.25) is 0 Å². The van der Waals surface area contributed by atoms with Gasteiger partial charge < -0.3 is 47.4 Å². The third kappa shape index (κ3) is 12.8. The van der Waals surface area contributed by atoms with E-state index in [2.05, 4.69) is 28.9 Å². The Kier molecular flexibility index (Phi) is 15.5. The Bertz CT molecular complexity index is 2540. The predicted molar refractivity (Wildman–Crippen MR) is 226 cm³/mol. The fraction of sp³-hybridized carbons (Fsp3) is 0.304. The van der Waals surface area contributed by atoms with Gasteiger partial charge in [-0.05, 0) is 84.6 Å². The van der Waals surface area contributed by atoms with Gasteiger partial charge in [0.25, 0.3) is 0 Å². The Morgan fingerprint density at radius 2 is 1.09 bits per heavy atom. The molecule has 2 aliphatic heterocycles. The topological polar surface area (TPSA) is 155 Å². The van der Waals surface area contributed by atoms with E-state index in [1.807, 2.05) is 47.8 Å². The summed E-state index contributed by atoms with van der Waals surface area (Å²) in [6, 6.07) is 23.1. The molecule has 2 aromatic heterocycles. The number of benzene rings is 4. The average molecular weight is 925 g/mol. The van der Waals surface area contributed by atoms with Crippen molar-refractivity contribution in [3.8, 4) is 34.5 Å². The van der Waals surface area contributed by atoms with Crippen LogP contribution in [0.3, 0.4) is 0 Å². The van der Waals surface area contributed by atoms with Gasteiger partial charge in [-0.1, -0.05) is 36.4 Å². The largest absolute Gasteiger partial charge is 0.586 e. The predicted octanol–water partition coefficient (Wildman–Crippen LogP) is 9.36. The number of halogens is 5. The average Bonchev–Trinajstić information content (AvgIpc) is 4.05. The second kappa shape index (κ2) is 21.2. The van der Waals surface area contributed by atoms with Gasteiger partial charge in [0, 0.05) is 44.8 Å². The smallest absolute Gasteiger partial charge is 0.508 e. The molecule has 14 nitrogen and oxygen atoms in total. The van der Waals surface area contributed by atoms with Crippen molar-refractivity contribution in [2.75, 3.05) is 13.2 Å². The first-order valence-electron chi connectivity index (χ1n) is 20.2. The van der Waals surface area contributed by atoms with Crippen molar-refractivity contribution in [2.24, 2.45) is 14.1 Å². The Morgan fingerprint density at radius 3 is 1.52 bits per heavy atom. The van der Waals surface area contributed by atoms with Gasteiger partial charge in [-0.15, -0.1) is 29.2 Å². The van der Waals surface area contributed by atoms with E-state index in [9.17, 15) is 32.3 Å². The molecule has 1 N–H and O–H groups in total. The van der Waals surface area contributed by atoms with E-state index in [0.717, 1.165) is 22.8 Å². The van der Waals surface area contributed by atoms with Crippen LogP contribution in [0.5, 0.6) is 34.5 Å². The monoisotopic (exact) mass is 924 g/mol. The Morgan fingerprint density at radius 1 is 0.662 bits per heavy atom. The van der Waals surface area contributed by atoms with E-state index in [1.54, 1.807) is 74.8 Å². The number of nitrogens with zero attached hydrogens (tertiary/aromatic N) is 4. The molecule has 0 unspecified atom stereocenters. The number of carbonyl (C=O) groups is 2. The molecule has 0 radical (unpaired) electrons. The van der Waals surface area contributed by atoms with Gasteiger partial charge in [-0.25, -0.2) is 9.97 Å². The zero-order valence-corrected chi connectivity index (χ0v) is 36.3. The number of imidazole rings is 2. The van der Waals surface area contributed by atoms with Crippen molar-refractivity contribution < 1.29 is 65.4 Å². The number of alkyl halides is 5. The molecule has 0 saturated carbocycles. The minimum Gasteiger partial charge on any atom is -0.508 e. The second-order valence-electron chi connectivity index (χ2n) is 14.4. The van der Waals surface area contributed by atoms with Gasteiger partial charge in [0.05, 0.1) is 37.9 Å². The highest BCUT2D eigenvalue weighted by atomic mass is 35.5. The fourth-order valence-corrected chi connectivity index (χ4v) is 6.91. The maximum absolute atomic E-state index is 13.2. The standard InChI is InChI=1S/C23H22F2N2O5.C15H18N2O3.C8H5ClF2O2/c1-3-29-21(28)13-18(22-26-10-11-27(22)2)16-5-7-17(8-6-16)30-14-15-4-9-19-20(12-15)32-23(24,25)31-19;1-3-20-14(19)10-13(15-16-8-9-17(15)2)11-4-6-12(18)7-5-11;9-4-5-1-2-6-7(3-5)13-8(10,11)12-6/h4-12,18H,3,13-14H2,1-2H3;4-9,13,18H,3,10H2,1-2H3;1-3H,4H2/t18-;13-;/m00./s1. The number of fused-ring (bicyclic) bond motifs is 2. The van der Waals surface area contributed by atoms with Crippen molar-refractivity contribution in [3.05, 3.63) is 144 Å². The summed E-state index contributed by atoms with van der Waals surface area (Å²) in [6.07, 6.45) is 0.253. The minimum atomic E-state index is -3.65. The molecule has 8 rings (SSSR count). The first kappa shape index (κ1) is 47.5. The number of rotatable bonds is 14. The van der Waals surface area contributed by atoms with E-state index in [1.165, 1.54) is 24.3 Å². The number of carbonyl (C=O) groups excluding carboxylic acids is 2. The first-order chi connectivity index (χ1) is 31.1. The van der Waals surface area contributed by atoms with E-state index >= 15 is 0 Å². The highest BCUT2D eigenvalue weighted by Crippen LogP contribution is 2.42. The molecule has 4 aromatic carbocycles. The van der Waals surface area contributed by atoms with Crippen LogP contribution in [0.4, 0.5) is 17.6 Å². The van der Waals surface area contributed by atoms with E-state index < -0.39 is 12.6 Å². The fourth-order valence-electron chi connectivity index (χ4n) is 6.74. The summed E-state index contributed by atoms with van der Waals surface area (Å²) >= 11 is 5.52. The number of aromatic nitrogens is 4. The van der Waals surface area contributed by atoms with Crippen LogP contribution < -0.4 is 23.7 Å². The second-order valence-corrected chi connectivity index (χ2v) is 14.7. The summed E-state index contributed by atoms with van der Waals surface area (Å²) in [7, 11) is 3.76. The van der Waals surface area contributed by atoms with Crippen LogP contribution in [-0.2, 0) is 45.6 Å². The highest BCUT2D eigenvalue weighted by Gasteiger charge is 2.44. The van der Waals surface area contributed by atoms with Crippen LogP contribution in [0.25, 0.3) is 0 Å². The van der Waals surface area contributed by atoms with Crippen LogP contribution in [0, 0.1) is 0 Å². The van der Waals surface area contributed by atoms with Crippen molar-refractivity contribution in [1.82, 2.24) is 19.1 Å². The van der Waals surface area contributed by atoms with Crippen molar-refractivity contribution in [3.63, 3.8) is 0 Å². The number of hydrogen-bond donors (Lipinski definition) is 1. The van der Waals surface area contributed by atoms with Gasteiger partial charge in [-0.3, -0.25) is 9.59 Å². The third-order valence-electron chi connectivity index (χ3n) is 9.76. The Labute approximate surface area is 376 Å². The van der Waals surface area contributed by atoms with E-state index in [0.29, 0.717) is 30.1 Å². The Hall–Kier alpha value is -6.95. The molecule has 344 valence electrons. The zero-order chi connectivity index (χ0) is 46.7. The van der Waals surface area contributed by atoms with E-state index in [4.69, 9.17) is 25.8 Å². The van der Waals surface area contributed by atoms with Gasteiger partial charge in [0.15, 0.2) is 23.0 Å². The van der Waals surface area contributed by atoms with Crippen molar-refractivity contribution in [1.29, 1.82) is 0 Å². The van der Waals surface area contributed by atoms with Gasteiger partial charge in [0.1, 0.15) is 29.8 Å². The summed E-state index contributed by atoms with van der Waals surface area (Å²) in [6.45, 7) is 4.39. The summed E-state index contributed by atoms with van der Waals surface area (Å²) < 4.78 is 88.3. The van der Waals surface area contributed by atoms with Crippen molar-refractivity contribution >= 4 is 23.5 Å². The van der Waals surface area contributed by atoms with Crippen LogP contribution >= 0.6 is 11.6 Å². The molecule has 19 heteroatoms. The first-order valence-corrected chi connectivity index (χ1v) is 20.7. The zero-order valence-electron chi connectivity index (χ0n) is 35.6. The minimum absolute atomic E-state index is 0.00923. The SMILES string of the molecule is CCOC(=O)C[C@@H](c1ccc(O)cc1)c1nccn1C.CCOC(=O)C[C@@H](c1ccc(OCc2ccc3c(c2)OC(F)(F)O3)cc1)c1nccn1C.FC1(F)Oc2ccc(CCl)cc2O1. The van der Waals surface area contributed by atoms with Gasteiger partial charge in [0.2, 0.25) is 0 Å². The lowest BCUT2D eigenvalue weighted by molar-refractivity contribution is -0.287. The molecule has 0 aliphatic carbocycles. The molecule has 0 fully saturated rings. The van der Waals surface area contributed by atoms with Crippen LogP contribution in [0.15, 0.2) is 110 Å². The van der Waals surface area contributed by atoms with Crippen LogP contribution in [0.1, 0.15) is 72.4 Å². The lowest BCUT2D eigenvalue weighted by Crippen LogP contribution is -2.25. The number of aryl methyl sites for hydroxylation is 2. The number of esters is 2. The number of aromatic hydroxyl groups is 1. The molecule has 65 heavy (non-hydrogen) atoms. The number of phenolic OH excluding ortho intramolecular Hbond substituents is 1. The highest BCUT2D eigenvalue weighted by molar-refractivity contribution is 6.17. The molecule has 2 atom stereocenters. The molecular weight excluding hydrogens is 880 g/mol. The van der Waals surface area contributed by atoms with E-state index in [-0.39, 0.29) is 77.9 Å². The molecule has 0 bridgehead atoms. The molecule has 2 aliphatic rings. The number of phenols is 1. The number of hydrogen-bond acceptors (Lipinski definition) is 12. The Balaban J connectivity index is 0.000000180. The summed E-state index contributed by atoms with van der Waals surface area (Å²) in [4.78, 5) is 32.6. The van der Waals surface area contributed by atoms with Gasteiger partial charge in [-0.2, -0.15) is 0 Å². The summed E-state index contributed by atoms with van der Waals surface area (Å²) in [5.41, 5.74) is 3.18. The molecule has 6 aromatic rings. The molecule has 4 heterocycles. The maximum atomic E-state index is 13.2. The molecule has 0 saturated heterocycles.